The maximum absolute atomic E-state index is 12.0. The van der Waals surface area contributed by atoms with Crippen LogP contribution in [-0.2, 0) is 16.1 Å². The predicted octanol–water partition coefficient (Wildman–Crippen LogP) is 2.59. The zero-order valence-electron chi connectivity index (χ0n) is 15.2. The molecule has 1 atom stereocenters. The second-order valence-corrected chi connectivity index (χ2v) is 5.84. The van der Waals surface area contributed by atoms with E-state index in [4.69, 9.17) is 9.47 Å². The summed E-state index contributed by atoms with van der Waals surface area (Å²) < 4.78 is 10.4. The van der Waals surface area contributed by atoms with Gasteiger partial charge in [-0.15, -0.1) is 0 Å². The summed E-state index contributed by atoms with van der Waals surface area (Å²) in [7, 11) is 3.12. The minimum Gasteiger partial charge on any atom is -0.493 e. The van der Waals surface area contributed by atoms with Crippen molar-refractivity contribution in [1.29, 1.82) is 0 Å². The first kappa shape index (κ1) is 19.3. The van der Waals surface area contributed by atoms with Gasteiger partial charge in [-0.3, -0.25) is 9.59 Å². The maximum atomic E-state index is 12.0. The third-order valence-electron chi connectivity index (χ3n) is 3.94. The average Bonchev–Trinajstić information content (AvgIpc) is 2.66. The number of amides is 2. The van der Waals surface area contributed by atoms with E-state index in [1.54, 1.807) is 26.4 Å². The van der Waals surface area contributed by atoms with Crippen LogP contribution in [0.1, 0.15) is 30.5 Å². The lowest BCUT2D eigenvalue weighted by Gasteiger charge is -2.14. The highest BCUT2D eigenvalue weighted by Gasteiger charge is 2.13. The van der Waals surface area contributed by atoms with Crippen LogP contribution in [0.4, 0.5) is 0 Å². The molecule has 0 aromatic heterocycles. The smallest absolute Gasteiger partial charge is 0.229 e. The summed E-state index contributed by atoms with van der Waals surface area (Å²) in [5.41, 5.74) is 1.85. The van der Waals surface area contributed by atoms with Crippen LogP contribution in [0.2, 0.25) is 0 Å². The van der Waals surface area contributed by atoms with Crippen LogP contribution in [0.15, 0.2) is 48.5 Å². The van der Waals surface area contributed by atoms with Crippen LogP contribution in [0.3, 0.4) is 0 Å². The van der Waals surface area contributed by atoms with E-state index in [1.807, 2.05) is 43.3 Å². The molecule has 0 aliphatic heterocycles. The standard InChI is InChI=1S/C20H24N2O4/c1-14(16-7-5-4-6-8-16)22-20(24)12-19(23)21-13-15-9-10-17(25-2)18(11-15)26-3/h4-11,14H,12-13H2,1-3H3,(H,21,23)(H,22,24). The molecule has 6 nitrogen and oxygen atoms in total. The van der Waals surface area contributed by atoms with E-state index in [1.165, 1.54) is 0 Å². The van der Waals surface area contributed by atoms with Gasteiger partial charge in [0.25, 0.3) is 0 Å². The van der Waals surface area contributed by atoms with Crippen LogP contribution in [-0.4, -0.2) is 26.0 Å². The number of nitrogens with one attached hydrogen (secondary N) is 2. The van der Waals surface area contributed by atoms with Crippen molar-refractivity contribution in [2.24, 2.45) is 0 Å². The Bertz CT molecular complexity index is 747. The first-order valence-corrected chi connectivity index (χ1v) is 8.35. The fraction of sp³-hybridized carbons (Fsp3) is 0.300. The summed E-state index contributed by atoms with van der Waals surface area (Å²) in [5.74, 6) is 0.564. The lowest BCUT2D eigenvalue weighted by molar-refractivity contribution is -0.129. The first-order valence-electron chi connectivity index (χ1n) is 8.35. The van der Waals surface area contributed by atoms with Gasteiger partial charge in [-0.05, 0) is 30.2 Å². The normalized spacial score (nSPS) is 11.3. The van der Waals surface area contributed by atoms with Crippen LogP contribution in [0, 0.1) is 0 Å². The number of carbonyl (C=O) groups excluding carboxylic acids is 2. The highest BCUT2D eigenvalue weighted by atomic mass is 16.5. The Hall–Kier alpha value is -3.02. The van der Waals surface area contributed by atoms with Crippen LogP contribution in [0.5, 0.6) is 11.5 Å². The quantitative estimate of drug-likeness (QED) is 0.713. The zero-order chi connectivity index (χ0) is 18.9. The van der Waals surface area contributed by atoms with Gasteiger partial charge in [-0.2, -0.15) is 0 Å². The highest BCUT2D eigenvalue weighted by Crippen LogP contribution is 2.27. The van der Waals surface area contributed by atoms with Crippen molar-refractivity contribution in [2.45, 2.75) is 25.9 Å². The zero-order valence-corrected chi connectivity index (χ0v) is 15.2. The lowest BCUT2D eigenvalue weighted by atomic mass is 10.1. The van der Waals surface area contributed by atoms with Gasteiger partial charge < -0.3 is 20.1 Å². The number of hydrogen-bond acceptors (Lipinski definition) is 4. The molecule has 2 rings (SSSR count). The maximum Gasteiger partial charge on any atom is 0.229 e. The van der Waals surface area contributed by atoms with E-state index in [0.29, 0.717) is 18.0 Å². The van der Waals surface area contributed by atoms with E-state index >= 15 is 0 Å². The van der Waals surface area contributed by atoms with E-state index in [0.717, 1.165) is 11.1 Å². The second kappa shape index (κ2) is 9.46. The van der Waals surface area contributed by atoms with Gasteiger partial charge in [-0.25, -0.2) is 0 Å². The molecule has 1 unspecified atom stereocenters. The Kier molecular flexibility index (Phi) is 7.02. The Morgan fingerprint density at radius 2 is 1.65 bits per heavy atom. The molecule has 0 aliphatic rings. The molecule has 2 N–H and O–H groups in total. The lowest BCUT2D eigenvalue weighted by Crippen LogP contribution is -2.33. The summed E-state index contributed by atoms with van der Waals surface area (Å²) in [6.45, 7) is 2.19. The number of ether oxygens (including phenoxy) is 2. The number of carbonyl (C=O) groups is 2. The fourth-order valence-electron chi connectivity index (χ4n) is 2.52. The molecule has 26 heavy (non-hydrogen) atoms. The Morgan fingerprint density at radius 3 is 2.31 bits per heavy atom. The number of benzene rings is 2. The molecule has 2 aromatic carbocycles. The van der Waals surface area contributed by atoms with Crippen molar-refractivity contribution in [2.75, 3.05) is 14.2 Å². The topological polar surface area (TPSA) is 76.7 Å². The van der Waals surface area contributed by atoms with Gasteiger partial charge in [0.05, 0.1) is 20.3 Å². The van der Waals surface area contributed by atoms with Gasteiger partial charge in [-0.1, -0.05) is 36.4 Å². The summed E-state index contributed by atoms with van der Waals surface area (Å²) in [4.78, 5) is 24.0. The summed E-state index contributed by atoms with van der Waals surface area (Å²) in [5, 5.41) is 5.56. The molecule has 0 radical (unpaired) electrons. The molecule has 0 heterocycles. The first-order chi connectivity index (χ1) is 12.5. The Balaban J connectivity index is 1.82. The molecule has 2 amide bonds. The molecular weight excluding hydrogens is 332 g/mol. The van der Waals surface area contributed by atoms with Crippen molar-refractivity contribution in [1.82, 2.24) is 10.6 Å². The van der Waals surface area contributed by atoms with Crippen LogP contribution in [0.25, 0.3) is 0 Å². The van der Waals surface area contributed by atoms with Gasteiger partial charge in [0.1, 0.15) is 6.42 Å². The second-order valence-electron chi connectivity index (χ2n) is 5.84. The number of hydrogen-bond donors (Lipinski definition) is 2. The van der Waals surface area contributed by atoms with Crippen molar-refractivity contribution < 1.29 is 19.1 Å². The summed E-state index contributed by atoms with van der Waals surface area (Å²) in [6.07, 6.45) is -0.218. The van der Waals surface area contributed by atoms with Gasteiger partial charge in [0, 0.05) is 6.54 Å². The van der Waals surface area contributed by atoms with E-state index in [2.05, 4.69) is 10.6 Å². The predicted molar refractivity (Wildman–Crippen MR) is 99.0 cm³/mol. The minimum absolute atomic E-state index is 0.151. The van der Waals surface area contributed by atoms with E-state index in [9.17, 15) is 9.59 Å². The largest absolute Gasteiger partial charge is 0.493 e. The molecule has 138 valence electrons. The van der Waals surface area contributed by atoms with Crippen molar-refractivity contribution in [3.05, 3.63) is 59.7 Å². The van der Waals surface area contributed by atoms with E-state index in [-0.39, 0.29) is 24.3 Å². The average molecular weight is 356 g/mol. The molecule has 0 saturated heterocycles. The van der Waals surface area contributed by atoms with E-state index < -0.39 is 0 Å². The molecule has 0 fully saturated rings. The Labute approximate surface area is 153 Å². The van der Waals surface area contributed by atoms with Crippen molar-refractivity contribution >= 4 is 11.8 Å². The van der Waals surface area contributed by atoms with Crippen molar-refractivity contribution in [3.63, 3.8) is 0 Å². The van der Waals surface area contributed by atoms with Gasteiger partial charge >= 0.3 is 0 Å². The van der Waals surface area contributed by atoms with Crippen LogP contribution >= 0.6 is 0 Å². The molecule has 0 bridgehead atoms. The minimum atomic E-state index is -0.336. The van der Waals surface area contributed by atoms with Crippen molar-refractivity contribution in [3.8, 4) is 11.5 Å². The van der Waals surface area contributed by atoms with Gasteiger partial charge in [0.15, 0.2) is 11.5 Å². The number of methoxy groups -OCH3 is 2. The molecule has 2 aromatic rings. The number of rotatable bonds is 8. The monoisotopic (exact) mass is 356 g/mol. The SMILES string of the molecule is COc1ccc(CNC(=O)CC(=O)NC(C)c2ccccc2)cc1OC. The molecular formula is C20H24N2O4. The van der Waals surface area contributed by atoms with Gasteiger partial charge in [0.2, 0.25) is 11.8 Å². The third-order valence-corrected chi connectivity index (χ3v) is 3.94. The highest BCUT2D eigenvalue weighted by molar-refractivity contribution is 5.96. The third kappa shape index (κ3) is 5.51. The fourth-order valence-corrected chi connectivity index (χ4v) is 2.52. The summed E-state index contributed by atoms with van der Waals surface area (Å²) >= 11 is 0. The van der Waals surface area contributed by atoms with Crippen LogP contribution < -0.4 is 20.1 Å². The molecule has 0 aliphatic carbocycles. The Morgan fingerprint density at radius 1 is 0.962 bits per heavy atom. The molecule has 6 heteroatoms. The summed E-state index contributed by atoms with van der Waals surface area (Å²) in [6, 6.07) is 14.8. The molecule has 0 spiro atoms. The molecule has 0 saturated carbocycles.